The largest absolute Gasteiger partial charge is 0.375 e. The Morgan fingerprint density at radius 3 is 2.80 bits per heavy atom. The molecule has 0 saturated carbocycles. The number of rotatable bonds is 1. The Morgan fingerprint density at radius 2 is 2.20 bits per heavy atom. The van der Waals surface area contributed by atoms with Gasteiger partial charge in [-0.1, -0.05) is 29.0 Å². The maximum absolute atomic E-state index is 13.6. The number of hydrogen-bond acceptors (Lipinski definition) is 3. The van der Waals surface area contributed by atoms with E-state index < -0.39 is 0 Å². The molecule has 1 aromatic carbocycles. The van der Waals surface area contributed by atoms with Crippen LogP contribution in [0, 0.1) is 12.7 Å². The summed E-state index contributed by atoms with van der Waals surface area (Å²) in [6.07, 6.45) is 1.53. The van der Waals surface area contributed by atoms with Crippen LogP contribution in [0.3, 0.4) is 0 Å². The third kappa shape index (κ3) is 1.82. The highest BCUT2D eigenvalue weighted by Crippen LogP contribution is 2.36. The molecule has 2 nitrogen and oxygen atoms in total. The van der Waals surface area contributed by atoms with Crippen molar-refractivity contribution in [1.29, 1.82) is 0 Å². The van der Waals surface area contributed by atoms with Gasteiger partial charge in [0, 0.05) is 11.8 Å². The highest BCUT2D eigenvalue weighted by Gasteiger charge is 2.14. The van der Waals surface area contributed by atoms with E-state index in [1.54, 1.807) is 6.07 Å². The van der Waals surface area contributed by atoms with E-state index in [-0.39, 0.29) is 5.82 Å². The van der Waals surface area contributed by atoms with Gasteiger partial charge in [0.1, 0.15) is 5.82 Å². The fourth-order valence-corrected chi connectivity index (χ4v) is 2.33. The Kier molecular flexibility index (Phi) is 2.63. The van der Waals surface area contributed by atoms with Crippen LogP contribution in [-0.2, 0) is 0 Å². The Bertz CT molecular complexity index is 510. The Labute approximate surface area is 95.5 Å². The van der Waals surface area contributed by atoms with Crippen LogP contribution in [0.2, 0.25) is 5.02 Å². The maximum atomic E-state index is 13.6. The highest BCUT2D eigenvalue weighted by atomic mass is 35.5. The number of nitrogens with zero attached hydrogens (tertiary/aromatic N) is 1. The van der Waals surface area contributed by atoms with Crippen molar-refractivity contribution in [1.82, 2.24) is 4.98 Å². The van der Waals surface area contributed by atoms with Gasteiger partial charge in [0.05, 0.1) is 9.90 Å². The van der Waals surface area contributed by atoms with Crippen LogP contribution in [0.15, 0.2) is 18.3 Å². The number of nitrogen functional groups attached to an aromatic ring is 1. The summed E-state index contributed by atoms with van der Waals surface area (Å²) in [5.74, 6) is -0.353. The van der Waals surface area contributed by atoms with E-state index >= 15 is 0 Å². The molecule has 2 N–H and O–H groups in total. The molecule has 78 valence electrons. The number of hydrogen-bond donors (Lipinski definition) is 1. The molecule has 0 saturated heterocycles. The average Bonchev–Trinajstić information content (AvgIpc) is 2.59. The fourth-order valence-electron chi connectivity index (χ4n) is 1.29. The first kappa shape index (κ1) is 10.4. The van der Waals surface area contributed by atoms with Gasteiger partial charge in [-0.25, -0.2) is 9.37 Å². The van der Waals surface area contributed by atoms with Crippen LogP contribution in [-0.4, -0.2) is 4.98 Å². The highest BCUT2D eigenvalue weighted by molar-refractivity contribution is 7.18. The molecule has 15 heavy (non-hydrogen) atoms. The molecule has 0 aliphatic rings. The second-order valence-corrected chi connectivity index (χ2v) is 4.56. The van der Waals surface area contributed by atoms with E-state index in [2.05, 4.69) is 4.98 Å². The zero-order chi connectivity index (χ0) is 11.0. The zero-order valence-electron chi connectivity index (χ0n) is 7.92. The minimum absolute atomic E-state index is 0.353. The molecular weight excluding hydrogens is 235 g/mol. The quantitative estimate of drug-likeness (QED) is 0.831. The predicted octanol–water partition coefficient (Wildman–Crippen LogP) is 3.49. The van der Waals surface area contributed by atoms with Crippen molar-refractivity contribution >= 4 is 28.1 Å². The lowest BCUT2D eigenvalue weighted by Crippen LogP contribution is -1.86. The first-order valence-electron chi connectivity index (χ1n) is 4.26. The Morgan fingerprint density at radius 1 is 1.47 bits per heavy atom. The average molecular weight is 243 g/mol. The number of anilines is 1. The molecule has 0 spiro atoms. The number of thiazole rings is 1. The number of benzene rings is 1. The maximum Gasteiger partial charge on any atom is 0.180 e. The van der Waals surface area contributed by atoms with E-state index in [0.717, 1.165) is 5.56 Å². The van der Waals surface area contributed by atoms with Crippen molar-refractivity contribution in [2.75, 3.05) is 5.73 Å². The minimum Gasteiger partial charge on any atom is -0.375 e. The van der Waals surface area contributed by atoms with Gasteiger partial charge < -0.3 is 5.73 Å². The minimum atomic E-state index is -0.353. The first-order chi connectivity index (χ1) is 7.09. The van der Waals surface area contributed by atoms with Crippen molar-refractivity contribution < 1.29 is 4.39 Å². The van der Waals surface area contributed by atoms with Crippen molar-refractivity contribution in [3.63, 3.8) is 0 Å². The lowest BCUT2D eigenvalue weighted by molar-refractivity contribution is 0.631. The molecule has 1 aromatic heterocycles. The molecule has 0 radical (unpaired) electrons. The van der Waals surface area contributed by atoms with E-state index in [4.69, 9.17) is 17.3 Å². The zero-order valence-corrected chi connectivity index (χ0v) is 9.49. The number of nitrogens with two attached hydrogens (primary N) is 1. The number of aryl methyl sites for hydroxylation is 1. The van der Waals surface area contributed by atoms with E-state index in [0.29, 0.717) is 20.6 Å². The van der Waals surface area contributed by atoms with Crippen molar-refractivity contribution in [3.8, 4) is 10.4 Å². The van der Waals surface area contributed by atoms with Crippen LogP contribution in [0.1, 0.15) is 5.56 Å². The smallest absolute Gasteiger partial charge is 0.180 e. The molecule has 0 fully saturated rings. The van der Waals surface area contributed by atoms with Gasteiger partial charge in [-0.05, 0) is 18.6 Å². The summed E-state index contributed by atoms with van der Waals surface area (Å²) in [6, 6.07) is 3.04. The van der Waals surface area contributed by atoms with Crippen LogP contribution in [0.5, 0.6) is 0 Å². The first-order valence-corrected chi connectivity index (χ1v) is 5.45. The number of aromatic nitrogens is 1. The van der Waals surface area contributed by atoms with E-state index in [1.807, 2.05) is 6.92 Å². The van der Waals surface area contributed by atoms with Crippen LogP contribution >= 0.6 is 22.9 Å². The Hall–Kier alpha value is -1.13. The van der Waals surface area contributed by atoms with Crippen molar-refractivity contribution in [3.05, 3.63) is 34.7 Å². The van der Waals surface area contributed by atoms with Gasteiger partial charge in [-0.2, -0.15) is 0 Å². The summed E-state index contributed by atoms with van der Waals surface area (Å²) >= 11 is 7.26. The standard InChI is InChI=1S/C10H8ClFN2S/c1-5-2-3-6(12)8(9(5)11)7-4-14-10(13)15-7/h2-4H,1H3,(H2,13,14). The molecule has 0 atom stereocenters. The van der Waals surface area contributed by atoms with Gasteiger partial charge >= 0.3 is 0 Å². The second-order valence-electron chi connectivity index (χ2n) is 3.12. The van der Waals surface area contributed by atoms with Gasteiger partial charge in [-0.15, -0.1) is 0 Å². The summed E-state index contributed by atoms with van der Waals surface area (Å²) in [5.41, 5.74) is 6.71. The monoisotopic (exact) mass is 242 g/mol. The SMILES string of the molecule is Cc1ccc(F)c(-c2cnc(N)s2)c1Cl. The lowest BCUT2D eigenvalue weighted by Gasteiger charge is -2.05. The summed E-state index contributed by atoms with van der Waals surface area (Å²) < 4.78 is 13.6. The molecule has 0 unspecified atom stereocenters. The van der Waals surface area contributed by atoms with E-state index in [9.17, 15) is 4.39 Å². The van der Waals surface area contributed by atoms with Crippen molar-refractivity contribution in [2.45, 2.75) is 6.92 Å². The molecule has 5 heteroatoms. The summed E-state index contributed by atoms with van der Waals surface area (Å²) in [4.78, 5) is 4.53. The van der Waals surface area contributed by atoms with Gasteiger partial charge in [0.2, 0.25) is 0 Å². The summed E-state index contributed by atoms with van der Waals surface area (Å²) in [5, 5.41) is 0.820. The molecule has 0 bridgehead atoms. The molecule has 2 rings (SSSR count). The third-order valence-electron chi connectivity index (χ3n) is 2.05. The molecule has 0 aliphatic heterocycles. The predicted molar refractivity (Wildman–Crippen MR) is 61.7 cm³/mol. The lowest BCUT2D eigenvalue weighted by atomic mass is 10.1. The van der Waals surface area contributed by atoms with E-state index in [1.165, 1.54) is 23.6 Å². The number of halogens is 2. The topological polar surface area (TPSA) is 38.9 Å². The van der Waals surface area contributed by atoms with Crippen LogP contribution in [0.25, 0.3) is 10.4 Å². The normalized spacial score (nSPS) is 10.6. The Balaban J connectivity index is 2.66. The molecular formula is C10H8ClFN2S. The molecule has 1 heterocycles. The fraction of sp³-hybridized carbons (Fsp3) is 0.100. The van der Waals surface area contributed by atoms with Crippen LogP contribution < -0.4 is 5.73 Å². The van der Waals surface area contributed by atoms with Gasteiger partial charge in [-0.3, -0.25) is 0 Å². The second kappa shape index (κ2) is 3.79. The van der Waals surface area contributed by atoms with Crippen LogP contribution in [0.4, 0.5) is 9.52 Å². The molecule has 0 aliphatic carbocycles. The van der Waals surface area contributed by atoms with Gasteiger partial charge in [0.25, 0.3) is 0 Å². The van der Waals surface area contributed by atoms with Gasteiger partial charge in [0.15, 0.2) is 5.13 Å². The summed E-state index contributed by atoms with van der Waals surface area (Å²) in [7, 11) is 0. The molecule has 2 aromatic rings. The molecule has 0 amide bonds. The third-order valence-corrected chi connectivity index (χ3v) is 3.39. The van der Waals surface area contributed by atoms with Crippen molar-refractivity contribution in [2.24, 2.45) is 0 Å². The summed E-state index contributed by atoms with van der Waals surface area (Å²) in [6.45, 7) is 1.83.